The van der Waals surface area contributed by atoms with Gasteiger partial charge < -0.3 is 5.11 Å². The molecule has 25 heavy (non-hydrogen) atoms. The summed E-state index contributed by atoms with van der Waals surface area (Å²) in [4.78, 5) is 0. The summed E-state index contributed by atoms with van der Waals surface area (Å²) in [5.74, 6) is 5.74. The van der Waals surface area contributed by atoms with Gasteiger partial charge in [0.15, 0.2) is 0 Å². The van der Waals surface area contributed by atoms with Crippen molar-refractivity contribution in [2.75, 3.05) is 0 Å². The maximum Gasteiger partial charge on any atom is 0.115 e. The monoisotopic (exact) mass is 342 g/mol. The van der Waals surface area contributed by atoms with Gasteiger partial charge in [0.1, 0.15) is 5.75 Å². The summed E-state index contributed by atoms with van der Waals surface area (Å²) >= 11 is 0. The number of phenolic OH excluding ortho intramolecular Hbond substituents is 1. The summed E-state index contributed by atoms with van der Waals surface area (Å²) < 4.78 is 0. The fourth-order valence-electron chi connectivity index (χ4n) is 5.73. The predicted octanol–water partition coefficient (Wildman–Crippen LogP) is 7.15. The van der Waals surface area contributed by atoms with Crippen molar-refractivity contribution in [1.82, 2.24) is 0 Å². The maximum absolute atomic E-state index is 9.50. The summed E-state index contributed by atoms with van der Waals surface area (Å²) in [6, 6.07) is 7.90. The van der Waals surface area contributed by atoms with Crippen molar-refractivity contribution in [3.8, 4) is 5.75 Å². The van der Waals surface area contributed by atoms with Gasteiger partial charge in [0.25, 0.3) is 0 Å². The van der Waals surface area contributed by atoms with E-state index in [0.29, 0.717) is 11.7 Å². The Kier molecular flexibility index (Phi) is 6.47. The van der Waals surface area contributed by atoms with Crippen molar-refractivity contribution in [2.24, 2.45) is 29.6 Å². The maximum atomic E-state index is 9.50. The van der Waals surface area contributed by atoms with Gasteiger partial charge in [-0.05, 0) is 91.7 Å². The number of aromatic hydroxyl groups is 1. The number of hydrogen-bond acceptors (Lipinski definition) is 1. The number of phenols is 1. The molecule has 0 bridgehead atoms. The molecule has 1 aromatic carbocycles. The van der Waals surface area contributed by atoms with Crippen molar-refractivity contribution in [3.05, 3.63) is 29.8 Å². The number of hydrogen-bond donors (Lipinski definition) is 1. The normalized spacial score (nSPS) is 32.9. The summed E-state index contributed by atoms with van der Waals surface area (Å²) in [7, 11) is 0. The summed E-state index contributed by atoms with van der Waals surface area (Å²) in [5.41, 5.74) is 1.40. The third-order valence-electron chi connectivity index (χ3n) is 7.90. The Morgan fingerprint density at radius 1 is 0.800 bits per heavy atom. The molecule has 0 radical (unpaired) electrons. The lowest BCUT2D eigenvalue weighted by Crippen LogP contribution is -2.29. The van der Waals surface area contributed by atoms with E-state index in [4.69, 9.17) is 0 Å². The summed E-state index contributed by atoms with van der Waals surface area (Å²) in [5, 5.41) is 9.50. The van der Waals surface area contributed by atoms with Crippen molar-refractivity contribution in [3.63, 3.8) is 0 Å². The van der Waals surface area contributed by atoms with Crippen LogP contribution in [0.4, 0.5) is 0 Å². The van der Waals surface area contributed by atoms with Crippen LogP contribution in [-0.2, 0) is 0 Å². The number of rotatable bonds is 5. The van der Waals surface area contributed by atoms with E-state index in [2.05, 4.69) is 32.9 Å². The number of benzene rings is 1. The first kappa shape index (κ1) is 18.8. The average molecular weight is 343 g/mol. The highest BCUT2D eigenvalue weighted by Gasteiger charge is 2.33. The first-order valence-electron chi connectivity index (χ1n) is 10.9. The molecule has 2 fully saturated rings. The SMILES string of the molecule is CCC1CCC(C(C)C2CCC(C(C)c3ccc(O)cc3)CC2)CC1. The Bertz CT molecular complexity index is 503. The van der Waals surface area contributed by atoms with E-state index >= 15 is 0 Å². The first-order valence-corrected chi connectivity index (χ1v) is 10.9. The highest BCUT2D eigenvalue weighted by atomic mass is 16.3. The smallest absolute Gasteiger partial charge is 0.115 e. The van der Waals surface area contributed by atoms with Crippen LogP contribution in [-0.4, -0.2) is 5.11 Å². The van der Waals surface area contributed by atoms with Gasteiger partial charge in [0, 0.05) is 0 Å². The Morgan fingerprint density at radius 2 is 1.28 bits per heavy atom. The Balaban J connectivity index is 1.49. The largest absolute Gasteiger partial charge is 0.508 e. The molecule has 0 spiro atoms. The molecule has 0 saturated heterocycles. The van der Waals surface area contributed by atoms with Crippen LogP contribution >= 0.6 is 0 Å². The van der Waals surface area contributed by atoms with Gasteiger partial charge in [-0.3, -0.25) is 0 Å². The van der Waals surface area contributed by atoms with Crippen LogP contribution in [0.3, 0.4) is 0 Å². The predicted molar refractivity (Wildman–Crippen MR) is 107 cm³/mol. The lowest BCUT2D eigenvalue weighted by atomic mass is 9.65. The fourth-order valence-corrected chi connectivity index (χ4v) is 5.73. The van der Waals surface area contributed by atoms with Crippen LogP contribution < -0.4 is 0 Å². The van der Waals surface area contributed by atoms with Crippen LogP contribution in [0.15, 0.2) is 24.3 Å². The molecule has 1 heteroatoms. The van der Waals surface area contributed by atoms with Gasteiger partial charge in [-0.15, -0.1) is 0 Å². The van der Waals surface area contributed by atoms with Crippen LogP contribution in [0.1, 0.15) is 90.0 Å². The molecule has 1 N–H and O–H groups in total. The van der Waals surface area contributed by atoms with E-state index in [0.717, 1.165) is 29.6 Å². The van der Waals surface area contributed by atoms with Gasteiger partial charge in [0.05, 0.1) is 0 Å². The molecule has 140 valence electrons. The Morgan fingerprint density at radius 3 is 1.80 bits per heavy atom. The van der Waals surface area contributed by atoms with Crippen molar-refractivity contribution < 1.29 is 5.11 Å². The first-order chi connectivity index (χ1) is 12.1. The second-order valence-electron chi connectivity index (χ2n) is 9.10. The van der Waals surface area contributed by atoms with Crippen LogP contribution in [0.25, 0.3) is 0 Å². The zero-order chi connectivity index (χ0) is 17.8. The minimum Gasteiger partial charge on any atom is -0.508 e. The minimum atomic E-state index is 0.381. The van der Waals surface area contributed by atoms with Crippen molar-refractivity contribution in [2.45, 2.75) is 84.5 Å². The van der Waals surface area contributed by atoms with Crippen LogP contribution in [0, 0.1) is 29.6 Å². The summed E-state index contributed by atoms with van der Waals surface area (Å²) in [6.07, 6.45) is 13.0. The van der Waals surface area contributed by atoms with Gasteiger partial charge >= 0.3 is 0 Å². The van der Waals surface area contributed by atoms with E-state index < -0.39 is 0 Å². The quantitative estimate of drug-likeness (QED) is 0.602. The minimum absolute atomic E-state index is 0.381. The van der Waals surface area contributed by atoms with E-state index in [1.165, 1.54) is 63.4 Å². The molecule has 2 saturated carbocycles. The van der Waals surface area contributed by atoms with Crippen molar-refractivity contribution in [1.29, 1.82) is 0 Å². The van der Waals surface area contributed by atoms with Crippen molar-refractivity contribution >= 4 is 0 Å². The highest BCUT2D eigenvalue weighted by molar-refractivity contribution is 5.28. The zero-order valence-corrected chi connectivity index (χ0v) is 16.6. The topological polar surface area (TPSA) is 20.2 Å². The molecule has 0 aromatic heterocycles. The summed E-state index contributed by atoms with van der Waals surface area (Å²) in [6.45, 7) is 7.31. The van der Waals surface area contributed by atoms with Gasteiger partial charge in [0.2, 0.25) is 0 Å². The van der Waals surface area contributed by atoms with Gasteiger partial charge in [-0.25, -0.2) is 0 Å². The van der Waals surface area contributed by atoms with Gasteiger partial charge in [-0.2, -0.15) is 0 Å². The molecule has 0 amide bonds. The molecule has 0 aliphatic heterocycles. The molecule has 2 atom stereocenters. The molecule has 2 aliphatic carbocycles. The van der Waals surface area contributed by atoms with E-state index in [9.17, 15) is 5.11 Å². The molecule has 3 rings (SSSR count). The second kappa shape index (κ2) is 8.60. The molecular formula is C24H38O. The lowest BCUT2D eigenvalue weighted by Gasteiger charge is -2.40. The highest BCUT2D eigenvalue weighted by Crippen LogP contribution is 2.45. The standard InChI is InChI=1S/C24H38O/c1-4-19-5-7-20(8-6-19)17(2)21-9-11-22(12-10-21)18(3)23-13-15-24(25)16-14-23/h13-22,25H,4-12H2,1-3H3. The van der Waals surface area contributed by atoms with Crippen LogP contribution in [0.5, 0.6) is 5.75 Å². The molecular weight excluding hydrogens is 304 g/mol. The van der Waals surface area contributed by atoms with E-state index in [1.807, 2.05) is 12.1 Å². The van der Waals surface area contributed by atoms with E-state index in [1.54, 1.807) is 0 Å². The molecule has 2 unspecified atom stereocenters. The van der Waals surface area contributed by atoms with Gasteiger partial charge in [-0.1, -0.05) is 52.2 Å². The fraction of sp³-hybridized carbons (Fsp3) is 0.750. The average Bonchev–Trinajstić information content (AvgIpc) is 2.67. The van der Waals surface area contributed by atoms with Crippen LogP contribution in [0.2, 0.25) is 0 Å². The molecule has 1 nitrogen and oxygen atoms in total. The molecule has 1 aromatic rings. The second-order valence-corrected chi connectivity index (χ2v) is 9.10. The third-order valence-corrected chi connectivity index (χ3v) is 7.90. The Labute approximate surface area is 155 Å². The third kappa shape index (κ3) is 4.60. The zero-order valence-electron chi connectivity index (χ0n) is 16.6. The molecule has 0 heterocycles. The van der Waals surface area contributed by atoms with E-state index in [-0.39, 0.29) is 0 Å². The Hall–Kier alpha value is -0.980. The lowest BCUT2D eigenvalue weighted by molar-refractivity contribution is 0.119. The molecule has 2 aliphatic rings.